The van der Waals surface area contributed by atoms with E-state index in [1.807, 2.05) is 22.8 Å². The molecular formula is C27H36FN3O2S. The van der Waals surface area contributed by atoms with Crippen LogP contribution in [0.2, 0.25) is 0 Å². The van der Waals surface area contributed by atoms with Gasteiger partial charge in [0.15, 0.2) is 0 Å². The number of benzene rings is 1. The van der Waals surface area contributed by atoms with Gasteiger partial charge in [0, 0.05) is 43.5 Å². The maximum Gasteiger partial charge on any atom is 0.236 e. The van der Waals surface area contributed by atoms with Gasteiger partial charge in [0.25, 0.3) is 0 Å². The van der Waals surface area contributed by atoms with Crippen LogP contribution < -0.4 is 0 Å². The smallest absolute Gasteiger partial charge is 0.236 e. The number of unbranched alkanes of at least 4 members (excludes halogenated alkanes) is 3. The van der Waals surface area contributed by atoms with Crippen molar-refractivity contribution in [2.24, 2.45) is 0 Å². The second kappa shape index (κ2) is 11.5. The van der Waals surface area contributed by atoms with Gasteiger partial charge in [-0.3, -0.25) is 14.5 Å². The maximum absolute atomic E-state index is 14.0. The molecule has 2 aliphatic heterocycles. The highest BCUT2D eigenvalue weighted by atomic mass is 32.1. The van der Waals surface area contributed by atoms with Gasteiger partial charge in [0.1, 0.15) is 5.82 Å². The first kappa shape index (κ1) is 24.9. The van der Waals surface area contributed by atoms with Crippen LogP contribution in [-0.2, 0) is 16.0 Å². The number of rotatable bonds is 8. The van der Waals surface area contributed by atoms with E-state index in [0.717, 1.165) is 37.8 Å². The van der Waals surface area contributed by atoms with E-state index in [1.165, 1.54) is 22.9 Å². The highest BCUT2D eigenvalue weighted by Gasteiger charge is 2.34. The molecule has 2 aliphatic rings. The van der Waals surface area contributed by atoms with Crippen LogP contribution in [-0.4, -0.2) is 65.3 Å². The third kappa shape index (κ3) is 5.69. The van der Waals surface area contributed by atoms with E-state index < -0.39 is 0 Å². The van der Waals surface area contributed by atoms with Gasteiger partial charge in [-0.25, -0.2) is 4.39 Å². The van der Waals surface area contributed by atoms with Crippen LogP contribution >= 0.6 is 11.3 Å². The van der Waals surface area contributed by atoms with Crippen molar-refractivity contribution < 1.29 is 14.0 Å². The molecule has 1 aromatic heterocycles. The number of halogens is 1. The van der Waals surface area contributed by atoms with Crippen LogP contribution in [0.4, 0.5) is 4.39 Å². The molecule has 0 spiro atoms. The molecule has 2 atom stereocenters. The van der Waals surface area contributed by atoms with Crippen LogP contribution in [0.1, 0.15) is 68.0 Å². The number of fused-ring (bicyclic) bond motifs is 1. The van der Waals surface area contributed by atoms with Gasteiger partial charge < -0.3 is 9.80 Å². The van der Waals surface area contributed by atoms with Crippen molar-refractivity contribution >= 4 is 23.2 Å². The normalized spacial score (nSPS) is 20.9. The molecular weight excluding hydrogens is 449 g/mol. The van der Waals surface area contributed by atoms with E-state index in [9.17, 15) is 14.0 Å². The largest absolute Gasteiger partial charge is 0.338 e. The summed E-state index contributed by atoms with van der Waals surface area (Å²) in [6.45, 7) is 7.02. The van der Waals surface area contributed by atoms with E-state index in [2.05, 4.69) is 23.3 Å². The van der Waals surface area contributed by atoms with Crippen molar-refractivity contribution in [2.45, 2.75) is 64.5 Å². The molecule has 0 aliphatic carbocycles. The van der Waals surface area contributed by atoms with Gasteiger partial charge >= 0.3 is 0 Å². The summed E-state index contributed by atoms with van der Waals surface area (Å²) in [7, 11) is 0. The number of amides is 2. The van der Waals surface area contributed by atoms with E-state index in [4.69, 9.17) is 0 Å². The molecule has 1 fully saturated rings. The fourth-order valence-electron chi connectivity index (χ4n) is 5.28. The molecule has 5 nitrogen and oxygen atoms in total. The van der Waals surface area contributed by atoms with Gasteiger partial charge in [0.2, 0.25) is 11.8 Å². The Morgan fingerprint density at radius 3 is 2.71 bits per heavy atom. The number of hydrogen-bond acceptors (Lipinski definition) is 4. The standard InChI is InChI=1S/C27H36FN3O2S/c1-3-4-5-6-10-25(32)31-15-14-29(18-20(31)2)26(33)19-30-13-11-24-23(12-16-34-24)27(30)21-8-7-9-22(28)17-21/h7-9,12,16-17,20,27H,3-6,10-11,13-15,18-19H2,1-2H3. The highest BCUT2D eigenvalue weighted by molar-refractivity contribution is 7.10. The number of thiophene rings is 1. The molecule has 3 heterocycles. The van der Waals surface area contributed by atoms with Crippen LogP contribution in [0.3, 0.4) is 0 Å². The summed E-state index contributed by atoms with van der Waals surface area (Å²) in [5.41, 5.74) is 2.07. The number of carbonyl (C=O) groups is 2. The molecule has 4 rings (SSSR count). The van der Waals surface area contributed by atoms with E-state index >= 15 is 0 Å². The SMILES string of the molecule is CCCCCCC(=O)N1CCN(C(=O)CN2CCc3sccc3C2c2cccc(F)c2)CC1C. The number of carbonyl (C=O) groups excluding carboxylic acids is 2. The van der Waals surface area contributed by atoms with Crippen molar-refractivity contribution in [1.82, 2.24) is 14.7 Å². The molecule has 0 bridgehead atoms. The summed E-state index contributed by atoms with van der Waals surface area (Å²) < 4.78 is 14.0. The average Bonchev–Trinajstić information content (AvgIpc) is 3.30. The average molecular weight is 486 g/mol. The van der Waals surface area contributed by atoms with Crippen LogP contribution in [0.25, 0.3) is 0 Å². The summed E-state index contributed by atoms with van der Waals surface area (Å²) in [4.78, 5) is 33.4. The molecule has 0 radical (unpaired) electrons. The molecule has 0 N–H and O–H groups in total. The van der Waals surface area contributed by atoms with Crippen molar-refractivity contribution in [1.29, 1.82) is 0 Å². The lowest BCUT2D eigenvalue weighted by atomic mass is 9.93. The lowest BCUT2D eigenvalue weighted by molar-refractivity contribution is -0.143. The fraction of sp³-hybridized carbons (Fsp3) is 0.556. The first-order valence-corrected chi connectivity index (χ1v) is 13.5. The monoisotopic (exact) mass is 485 g/mol. The minimum atomic E-state index is -0.254. The Morgan fingerprint density at radius 2 is 1.94 bits per heavy atom. The molecule has 2 amide bonds. The van der Waals surface area contributed by atoms with Gasteiger partial charge in [-0.1, -0.05) is 38.3 Å². The second-order valence-corrected chi connectivity index (χ2v) is 10.6. The lowest BCUT2D eigenvalue weighted by Gasteiger charge is -2.42. The van der Waals surface area contributed by atoms with Gasteiger partial charge in [-0.05, 0) is 54.5 Å². The Hall–Kier alpha value is -2.25. The van der Waals surface area contributed by atoms with Crippen molar-refractivity contribution in [2.75, 3.05) is 32.7 Å². The summed E-state index contributed by atoms with van der Waals surface area (Å²) in [6.07, 6.45) is 5.89. The minimum absolute atomic E-state index is 0.0280. The van der Waals surface area contributed by atoms with Gasteiger partial charge in [-0.15, -0.1) is 11.3 Å². The Balaban J connectivity index is 1.39. The van der Waals surface area contributed by atoms with Crippen LogP contribution in [0.5, 0.6) is 0 Å². The quantitative estimate of drug-likeness (QED) is 0.502. The van der Waals surface area contributed by atoms with Crippen molar-refractivity contribution in [3.05, 3.63) is 57.5 Å². The lowest BCUT2D eigenvalue weighted by Crippen LogP contribution is -2.57. The summed E-state index contributed by atoms with van der Waals surface area (Å²) >= 11 is 1.74. The van der Waals surface area contributed by atoms with E-state index in [0.29, 0.717) is 32.6 Å². The number of hydrogen-bond donors (Lipinski definition) is 0. The van der Waals surface area contributed by atoms with Crippen molar-refractivity contribution in [3.8, 4) is 0 Å². The summed E-state index contributed by atoms with van der Waals surface area (Å²) in [5, 5.41) is 2.09. The molecule has 7 heteroatoms. The fourth-order valence-corrected chi connectivity index (χ4v) is 6.18. The third-order valence-corrected chi connectivity index (χ3v) is 8.11. The zero-order chi connectivity index (χ0) is 24.1. The van der Waals surface area contributed by atoms with Gasteiger partial charge in [-0.2, -0.15) is 0 Å². The van der Waals surface area contributed by atoms with E-state index in [1.54, 1.807) is 23.5 Å². The Morgan fingerprint density at radius 1 is 1.09 bits per heavy atom. The Bertz CT molecular complexity index is 994. The molecule has 2 unspecified atom stereocenters. The minimum Gasteiger partial charge on any atom is -0.338 e. The molecule has 34 heavy (non-hydrogen) atoms. The molecule has 0 saturated carbocycles. The number of piperazine rings is 1. The first-order chi connectivity index (χ1) is 16.5. The van der Waals surface area contributed by atoms with Crippen LogP contribution in [0.15, 0.2) is 35.7 Å². The maximum atomic E-state index is 14.0. The second-order valence-electron chi connectivity index (χ2n) is 9.56. The van der Waals surface area contributed by atoms with Crippen LogP contribution in [0, 0.1) is 5.82 Å². The van der Waals surface area contributed by atoms with E-state index in [-0.39, 0.29) is 29.7 Å². The highest BCUT2D eigenvalue weighted by Crippen LogP contribution is 2.37. The Kier molecular flexibility index (Phi) is 8.37. The zero-order valence-electron chi connectivity index (χ0n) is 20.3. The van der Waals surface area contributed by atoms with Crippen molar-refractivity contribution in [3.63, 3.8) is 0 Å². The Labute approximate surface area is 206 Å². The molecule has 2 aromatic rings. The van der Waals surface area contributed by atoms with Gasteiger partial charge in [0.05, 0.1) is 12.6 Å². The summed E-state index contributed by atoms with van der Waals surface area (Å²) in [6, 6.07) is 8.76. The molecule has 1 aromatic carbocycles. The molecule has 184 valence electrons. The zero-order valence-corrected chi connectivity index (χ0v) is 21.2. The predicted octanol–water partition coefficient (Wildman–Crippen LogP) is 4.86. The molecule has 1 saturated heterocycles. The topological polar surface area (TPSA) is 43.9 Å². The third-order valence-electron chi connectivity index (χ3n) is 7.11. The predicted molar refractivity (Wildman–Crippen MR) is 134 cm³/mol. The number of nitrogens with zero attached hydrogens (tertiary/aromatic N) is 3. The summed E-state index contributed by atoms with van der Waals surface area (Å²) in [5.74, 6) is 0.0419. The first-order valence-electron chi connectivity index (χ1n) is 12.6.